The highest BCUT2D eigenvalue weighted by molar-refractivity contribution is 7.18. The summed E-state index contributed by atoms with van der Waals surface area (Å²) in [5, 5.41) is 4.11. The van der Waals surface area contributed by atoms with E-state index in [4.69, 9.17) is 4.98 Å². The van der Waals surface area contributed by atoms with Gasteiger partial charge in [0.25, 0.3) is 0 Å². The van der Waals surface area contributed by atoms with Crippen molar-refractivity contribution >= 4 is 39.1 Å². The van der Waals surface area contributed by atoms with Crippen LogP contribution in [0.15, 0.2) is 48.5 Å². The summed E-state index contributed by atoms with van der Waals surface area (Å²) in [6, 6.07) is 16.1. The van der Waals surface area contributed by atoms with Gasteiger partial charge in [0.15, 0.2) is 0 Å². The van der Waals surface area contributed by atoms with Crippen LogP contribution in [0, 0.1) is 5.92 Å². The molecule has 2 aliphatic heterocycles. The first kappa shape index (κ1) is 20.2. The summed E-state index contributed by atoms with van der Waals surface area (Å²) in [4.78, 5) is 34.2. The minimum absolute atomic E-state index is 0.0344. The highest BCUT2D eigenvalue weighted by Crippen LogP contribution is 2.28. The van der Waals surface area contributed by atoms with E-state index in [1.54, 1.807) is 11.3 Å². The third kappa shape index (κ3) is 4.48. The molecule has 0 radical (unpaired) electrons. The molecule has 0 bridgehead atoms. The second-order valence-electron chi connectivity index (χ2n) is 8.32. The molecular formula is C24H26N4O2S. The maximum absolute atomic E-state index is 12.7. The summed E-state index contributed by atoms with van der Waals surface area (Å²) >= 11 is 1.75. The summed E-state index contributed by atoms with van der Waals surface area (Å²) in [5.74, 6) is 0.0672. The highest BCUT2D eigenvalue weighted by atomic mass is 32.1. The zero-order chi connectivity index (χ0) is 21.2. The van der Waals surface area contributed by atoms with Gasteiger partial charge in [0, 0.05) is 44.2 Å². The molecule has 31 heavy (non-hydrogen) atoms. The van der Waals surface area contributed by atoms with Crippen molar-refractivity contribution < 1.29 is 9.59 Å². The van der Waals surface area contributed by atoms with Gasteiger partial charge < -0.3 is 10.2 Å². The van der Waals surface area contributed by atoms with E-state index in [9.17, 15) is 9.59 Å². The standard InChI is InChI=1S/C24H26N4O2S/c29-23(10-9-18-15-17-5-1-2-6-19(17)26-24(18)30)28-13-11-27(12-14-28)16-22-25-20-7-3-4-8-21(20)31-22/h1-8,18H,9-16H2,(H,26,30). The number of rotatable bonds is 5. The number of thiazole rings is 1. The minimum atomic E-state index is -0.126. The number of para-hydroxylation sites is 2. The fourth-order valence-electron chi connectivity index (χ4n) is 4.44. The van der Waals surface area contributed by atoms with Crippen molar-refractivity contribution in [2.24, 2.45) is 5.92 Å². The van der Waals surface area contributed by atoms with Crippen LogP contribution in [0.1, 0.15) is 23.4 Å². The molecule has 1 unspecified atom stereocenters. The molecule has 2 aliphatic rings. The normalized spacial score (nSPS) is 19.3. The molecule has 0 saturated carbocycles. The maximum atomic E-state index is 12.7. The fraction of sp³-hybridized carbons (Fsp3) is 0.375. The van der Waals surface area contributed by atoms with Crippen LogP contribution in [-0.2, 0) is 22.6 Å². The van der Waals surface area contributed by atoms with Gasteiger partial charge in [-0.1, -0.05) is 30.3 Å². The molecule has 1 saturated heterocycles. The molecule has 1 fully saturated rings. The van der Waals surface area contributed by atoms with Gasteiger partial charge in [-0.25, -0.2) is 4.98 Å². The first-order chi connectivity index (χ1) is 15.2. The van der Waals surface area contributed by atoms with E-state index in [-0.39, 0.29) is 17.7 Å². The SMILES string of the molecule is O=C1Nc2ccccc2CC1CCC(=O)N1CCN(Cc2nc3ccccc3s2)CC1. The maximum Gasteiger partial charge on any atom is 0.227 e. The van der Waals surface area contributed by atoms with Crippen LogP contribution in [0.4, 0.5) is 5.69 Å². The monoisotopic (exact) mass is 434 g/mol. The van der Waals surface area contributed by atoms with E-state index in [2.05, 4.69) is 22.3 Å². The number of hydrogen-bond donors (Lipinski definition) is 1. The number of aromatic nitrogens is 1. The third-order valence-corrected chi connectivity index (χ3v) is 7.26. The molecule has 5 rings (SSSR count). The molecule has 1 aromatic heterocycles. The Morgan fingerprint density at radius 1 is 1.06 bits per heavy atom. The van der Waals surface area contributed by atoms with Crippen LogP contribution < -0.4 is 5.32 Å². The number of benzene rings is 2. The lowest BCUT2D eigenvalue weighted by Gasteiger charge is -2.34. The topological polar surface area (TPSA) is 65.5 Å². The Morgan fingerprint density at radius 2 is 1.84 bits per heavy atom. The first-order valence-electron chi connectivity index (χ1n) is 10.9. The van der Waals surface area contributed by atoms with E-state index in [1.165, 1.54) is 4.70 Å². The lowest BCUT2D eigenvalue weighted by atomic mass is 9.89. The molecule has 160 valence electrons. The van der Waals surface area contributed by atoms with Crippen LogP contribution in [0.2, 0.25) is 0 Å². The van der Waals surface area contributed by atoms with E-state index in [0.29, 0.717) is 19.3 Å². The van der Waals surface area contributed by atoms with Gasteiger partial charge in [0.1, 0.15) is 5.01 Å². The largest absolute Gasteiger partial charge is 0.340 e. The molecule has 1 N–H and O–H groups in total. The zero-order valence-electron chi connectivity index (χ0n) is 17.4. The molecule has 3 aromatic rings. The molecule has 0 aliphatic carbocycles. The Hall–Kier alpha value is -2.77. The summed E-state index contributed by atoms with van der Waals surface area (Å²) in [6.07, 6.45) is 1.74. The van der Waals surface area contributed by atoms with Gasteiger partial charge in [0.2, 0.25) is 11.8 Å². The minimum Gasteiger partial charge on any atom is -0.340 e. The number of fused-ring (bicyclic) bond motifs is 2. The van der Waals surface area contributed by atoms with Gasteiger partial charge in [-0.05, 0) is 36.6 Å². The van der Waals surface area contributed by atoms with Gasteiger partial charge in [-0.2, -0.15) is 0 Å². The van der Waals surface area contributed by atoms with Crippen LogP contribution in [0.3, 0.4) is 0 Å². The Labute approximate surface area is 185 Å². The van der Waals surface area contributed by atoms with Crippen LogP contribution >= 0.6 is 11.3 Å². The lowest BCUT2D eigenvalue weighted by Crippen LogP contribution is -2.48. The third-order valence-electron chi connectivity index (χ3n) is 6.24. The van der Waals surface area contributed by atoms with Gasteiger partial charge in [-0.15, -0.1) is 11.3 Å². The van der Waals surface area contributed by atoms with Crippen LogP contribution in [0.5, 0.6) is 0 Å². The number of carbonyl (C=O) groups excluding carboxylic acids is 2. The van der Waals surface area contributed by atoms with E-state index in [1.807, 2.05) is 41.3 Å². The number of nitrogens with zero attached hydrogens (tertiary/aromatic N) is 3. The summed E-state index contributed by atoms with van der Waals surface area (Å²) in [6.45, 7) is 4.04. The predicted molar refractivity (Wildman–Crippen MR) is 123 cm³/mol. The number of amides is 2. The van der Waals surface area contributed by atoms with Crippen molar-refractivity contribution in [3.05, 3.63) is 59.1 Å². The van der Waals surface area contributed by atoms with Crippen molar-refractivity contribution in [2.75, 3.05) is 31.5 Å². The van der Waals surface area contributed by atoms with Gasteiger partial charge in [-0.3, -0.25) is 14.5 Å². The molecule has 2 amide bonds. The van der Waals surface area contributed by atoms with Crippen LogP contribution in [0.25, 0.3) is 10.2 Å². The van der Waals surface area contributed by atoms with Crippen LogP contribution in [-0.4, -0.2) is 52.8 Å². The summed E-state index contributed by atoms with van der Waals surface area (Å²) < 4.78 is 1.22. The Bertz CT molecular complexity index is 1070. The number of carbonyl (C=O) groups is 2. The first-order valence-corrected chi connectivity index (χ1v) is 11.7. The van der Waals surface area contributed by atoms with Gasteiger partial charge in [0.05, 0.1) is 16.8 Å². The predicted octanol–water partition coefficient (Wildman–Crippen LogP) is 3.53. The van der Waals surface area contributed by atoms with E-state index in [0.717, 1.165) is 54.5 Å². The molecule has 1 atom stereocenters. The number of anilines is 1. The van der Waals surface area contributed by atoms with Crippen molar-refractivity contribution in [1.29, 1.82) is 0 Å². The molecule has 6 nitrogen and oxygen atoms in total. The smallest absolute Gasteiger partial charge is 0.227 e. The molecule has 7 heteroatoms. The second-order valence-corrected chi connectivity index (χ2v) is 9.43. The lowest BCUT2D eigenvalue weighted by molar-refractivity contribution is -0.133. The molecule has 0 spiro atoms. The average Bonchev–Trinajstić information content (AvgIpc) is 3.20. The molecule has 3 heterocycles. The van der Waals surface area contributed by atoms with Crippen molar-refractivity contribution in [1.82, 2.24) is 14.8 Å². The number of piperazine rings is 1. The quantitative estimate of drug-likeness (QED) is 0.667. The van der Waals surface area contributed by atoms with E-state index < -0.39 is 0 Å². The molecular weight excluding hydrogens is 408 g/mol. The Kier molecular flexibility index (Phi) is 5.70. The number of hydrogen-bond acceptors (Lipinski definition) is 5. The Morgan fingerprint density at radius 3 is 2.68 bits per heavy atom. The highest BCUT2D eigenvalue weighted by Gasteiger charge is 2.28. The summed E-state index contributed by atoms with van der Waals surface area (Å²) in [7, 11) is 0. The Balaban J connectivity index is 1.10. The van der Waals surface area contributed by atoms with Gasteiger partial charge >= 0.3 is 0 Å². The second kappa shape index (κ2) is 8.77. The van der Waals surface area contributed by atoms with Crippen molar-refractivity contribution in [3.63, 3.8) is 0 Å². The fourth-order valence-corrected chi connectivity index (χ4v) is 5.45. The average molecular weight is 435 g/mol. The molecule has 2 aromatic carbocycles. The van der Waals surface area contributed by atoms with Crippen molar-refractivity contribution in [2.45, 2.75) is 25.8 Å². The van der Waals surface area contributed by atoms with E-state index >= 15 is 0 Å². The number of nitrogens with one attached hydrogen (secondary N) is 1. The summed E-state index contributed by atoms with van der Waals surface area (Å²) in [5.41, 5.74) is 3.12. The van der Waals surface area contributed by atoms with Crippen molar-refractivity contribution in [3.8, 4) is 0 Å². The zero-order valence-corrected chi connectivity index (χ0v) is 18.2.